The Morgan fingerprint density at radius 1 is 1.21 bits per heavy atom. The zero-order valence-corrected chi connectivity index (χ0v) is 18.3. The van der Waals surface area contributed by atoms with E-state index in [-0.39, 0.29) is 17.6 Å². The number of benzene rings is 1. The molecule has 0 aliphatic rings. The van der Waals surface area contributed by atoms with E-state index in [9.17, 15) is 9.59 Å². The number of aromatic nitrogens is 3. The Morgan fingerprint density at radius 3 is 2.66 bits per heavy atom. The van der Waals surface area contributed by atoms with Crippen LogP contribution in [0.2, 0.25) is 0 Å². The van der Waals surface area contributed by atoms with E-state index in [0.717, 1.165) is 16.8 Å². The first-order chi connectivity index (χ1) is 13.7. The Morgan fingerprint density at radius 2 is 1.93 bits per heavy atom. The van der Waals surface area contributed by atoms with Crippen molar-refractivity contribution in [1.29, 1.82) is 0 Å². The summed E-state index contributed by atoms with van der Waals surface area (Å²) in [6.07, 6.45) is 0.132. The summed E-state index contributed by atoms with van der Waals surface area (Å²) < 4.78 is 0.714. The van der Waals surface area contributed by atoms with E-state index in [2.05, 4.69) is 53.4 Å². The Hall–Kier alpha value is -2.65. The van der Waals surface area contributed by atoms with Gasteiger partial charge in [-0.15, -0.1) is 11.3 Å². The van der Waals surface area contributed by atoms with Crippen LogP contribution in [-0.2, 0) is 16.0 Å². The normalized spacial score (nSPS) is 12.0. The Balaban J connectivity index is 1.63. The van der Waals surface area contributed by atoms with E-state index in [1.165, 1.54) is 34.2 Å². The number of rotatable bonds is 7. The van der Waals surface area contributed by atoms with Gasteiger partial charge < -0.3 is 11.1 Å². The molecule has 1 aromatic carbocycles. The second kappa shape index (κ2) is 8.79. The fourth-order valence-electron chi connectivity index (χ4n) is 2.76. The highest BCUT2D eigenvalue weighted by Gasteiger charge is 2.15. The van der Waals surface area contributed by atoms with Gasteiger partial charge in [-0.1, -0.05) is 17.8 Å². The number of H-pyrrole nitrogens is 1. The largest absolute Gasteiger partial charge is 0.369 e. The molecular formula is C20H23N5O2S2. The number of thiazole rings is 1. The molecule has 7 nitrogen and oxygen atoms in total. The molecule has 1 atom stereocenters. The third-order valence-electron chi connectivity index (χ3n) is 4.53. The van der Waals surface area contributed by atoms with Crippen molar-refractivity contribution < 1.29 is 9.59 Å². The molecule has 2 amide bonds. The number of hydrogen-bond acceptors (Lipinski definition) is 6. The van der Waals surface area contributed by atoms with Gasteiger partial charge in [0.2, 0.25) is 11.8 Å². The second-order valence-corrected chi connectivity index (χ2v) is 9.36. The maximum atomic E-state index is 12.4. The van der Waals surface area contributed by atoms with Crippen LogP contribution in [0.5, 0.6) is 0 Å². The molecule has 0 saturated heterocycles. The van der Waals surface area contributed by atoms with Crippen LogP contribution in [0.1, 0.15) is 29.3 Å². The first-order valence-corrected chi connectivity index (χ1v) is 10.8. The van der Waals surface area contributed by atoms with Crippen molar-refractivity contribution in [1.82, 2.24) is 15.2 Å². The van der Waals surface area contributed by atoms with Gasteiger partial charge in [-0.2, -0.15) is 5.10 Å². The van der Waals surface area contributed by atoms with Crippen LogP contribution in [0.4, 0.5) is 5.82 Å². The summed E-state index contributed by atoms with van der Waals surface area (Å²) in [5, 5.41) is 11.4. The fraction of sp³-hybridized carbons (Fsp3) is 0.300. The Labute approximate surface area is 177 Å². The molecule has 0 saturated carbocycles. The molecule has 0 radical (unpaired) electrons. The first kappa shape index (κ1) is 21.1. The van der Waals surface area contributed by atoms with Crippen molar-refractivity contribution >= 4 is 40.7 Å². The Kier molecular flexibility index (Phi) is 6.39. The van der Waals surface area contributed by atoms with Crippen LogP contribution in [0, 0.1) is 20.8 Å². The highest BCUT2D eigenvalue weighted by Crippen LogP contribution is 2.28. The standard InChI is InChI=1S/C20H23N5O2S2/c1-10-5-12(3)15(6-11(10)2)16-8-17(25-24-16)23-18(26)7-14-9-28-20(22-14)29-13(4)19(21)27/h5-6,8-9,13H,7H2,1-4H3,(H2,21,27)(H2,23,24,25,26). The number of primary amides is 1. The maximum absolute atomic E-state index is 12.4. The van der Waals surface area contributed by atoms with Crippen LogP contribution < -0.4 is 11.1 Å². The molecule has 4 N–H and O–H groups in total. The first-order valence-electron chi connectivity index (χ1n) is 9.06. The molecule has 152 valence electrons. The minimum Gasteiger partial charge on any atom is -0.369 e. The molecule has 2 heterocycles. The molecule has 0 spiro atoms. The number of nitrogens with two attached hydrogens (primary N) is 1. The highest BCUT2D eigenvalue weighted by atomic mass is 32.2. The molecule has 0 bridgehead atoms. The van der Waals surface area contributed by atoms with Crippen molar-refractivity contribution in [2.75, 3.05) is 5.32 Å². The topological polar surface area (TPSA) is 114 Å². The number of thioether (sulfide) groups is 1. The number of anilines is 1. The van der Waals surface area contributed by atoms with E-state index in [0.29, 0.717) is 15.9 Å². The van der Waals surface area contributed by atoms with Gasteiger partial charge in [-0.25, -0.2) is 4.98 Å². The summed E-state index contributed by atoms with van der Waals surface area (Å²) in [6.45, 7) is 7.94. The number of nitrogens with zero attached hydrogens (tertiary/aromatic N) is 2. The number of nitrogens with one attached hydrogen (secondary N) is 2. The van der Waals surface area contributed by atoms with Crippen LogP contribution in [-0.4, -0.2) is 32.2 Å². The average Bonchev–Trinajstić information content (AvgIpc) is 3.27. The number of carbonyl (C=O) groups is 2. The van der Waals surface area contributed by atoms with Crippen LogP contribution in [0.3, 0.4) is 0 Å². The molecule has 3 aromatic rings. The van der Waals surface area contributed by atoms with Crippen LogP contribution >= 0.6 is 23.1 Å². The third-order valence-corrected chi connectivity index (χ3v) is 6.67. The predicted molar refractivity (Wildman–Crippen MR) is 117 cm³/mol. The van der Waals surface area contributed by atoms with Gasteiger partial charge >= 0.3 is 0 Å². The predicted octanol–water partition coefficient (Wildman–Crippen LogP) is 3.61. The van der Waals surface area contributed by atoms with Crippen LogP contribution in [0.15, 0.2) is 27.9 Å². The number of aryl methyl sites for hydroxylation is 3. The maximum Gasteiger partial charge on any atom is 0.231 e. The van der Waals surface area contributed by atoms with E-state index in [1.807, 2.05) is 11.4 Å². The summed E-state index contributed by atoms with van der Waals surface area (Å²) in [5.74, 6) is -0.127. The van der Waals surface area contributed by atoms with Gasteiger partial charge in [0.25, 0.3) is 0 Å². The van der Waals surface area contributed by atoms with Crippen molar-refractivity contribution in [3.63, 3.8) is 0 Å². The molecule has 0 aliphatic heterocycles. The summed E-state index contributed by atoms with van der Waals surface area (Å²) in [4.78, 5) is 27.9. The van der Waals surface area contributed by atoms with Gasteiger partial charge in [-0.05, 0) is 50.5 Å². The van der Waals surface area contributed by atoms with Gasteiger partial charge in [0, 0.05) is 17.0 Å². The zero-order valence-electron chi connectivity index (χ0n) is 16.7. The lowest BCUT2D eigenvalue weighted by Gasteiger charge is -2.07. The molecule has 3 rings (SSSR count). The number of amides is 2. The third kappa shape index (κ3) is 5.24. The van der Waals surface area contributed by atoms with Gasteiger partial charge in [0.1, 0.15) is 0 Å². The molecular weight excluding hydrogens is 406 g/mol. The van der Waals surface area contributed by atoms with E-state index < -0.39 is 5.91 Å². The second-order valence-electron chi connectivity index (χ2n) is 6.91. The number of carbonyl (C=O) groups excluding carboxylic acids is 2. The smallest absolute Gasteiger partial charge is 0.231 e. The minimum absolute atomic E-state index is 0.132. The lowest BCUT2D eigenvalue weighted by Crippen LogP contribution is -2.22. The summed E-state index contributed by atoms with van der Waals surface area (Å²) >= 11 is 2.68. The minimum atomic E-state index is -0.391. The summed E-state index contributed by atoms with van der Waals surface area (Å²) in [5.41, 5.74) is 11.4. The number of aromatic amines is 1. The molecule has 29 heavy (non-hydrogen) atoms. The zero-order chi connectivity index (χ0) is 21.1. The average molecular weight is 430 g/mol. The molecule has 1 unspecified atom stereocenters. The quantitative estimate of drug-likeness (QED) is 0.497. The SMILES string of the molecule is Cc1cc(C)c(-c2cc(NC(=O)Cc3csc(SC(C)C(N)=O)n3)n[nH]2)cc1C. The van der Waals surface area contributed by atoms with Gasteiger partial charge in [0.15, 0.2) is 10.2 Å². The molecule has 0 fully saturated rings. The van der Waals surface area contributed by atoms with Crippen molar-refractivity contribution in [2.24, 2.45) is 5.73 Å². The van der Waals surface area contributed by atoms with Gasteiger partial charge in [-0.3, -0.25) is 14.7 Å². The Bertz CT molecular complexity index is 1060. The fourth-order valence-corrected chi connectivity index (χ4v) is 4.69. The lowest BCUT2D eigenvalue weighted by molar-refractivity contribution is -0.117. The van der Waals surface area contributed by atoms with Crippen molar-refractivity contribution in [3.8, 4) is 11.3 Å². The van der Waals surface area contributed by atoms with E-state index >= 15 is 0 Å². The van der Waals surface area contributed by atoms with Gasteiger partial charge in [0.05, 0.1) is 23.1 Å². The molecule has 9 heteroatoms. The van der Waals surface area contributed by atoms with E-state index in [4.69, 9.17) is 5.73 Å². The number of hydrogen-bond donors (Lipinski definition) is 3. The summed E-state index contributed by atoms with van der Waals surface area (Å²) in [7, 11) is 0. The lowest BCUT2D eigenvalue weighted by atomic mass is 9.99. The molecule has 0 aliphatic carbocycles. The van der Waals surface area contributed by atoms with Crippen molar-refractivity contribution in [3.05, 3.63) is 46.0 Å². The summed E-state index contributed by atoms with van der Waals surface area (Å²) in [6, 6.07) is 6.08. The van der Waals surface area contributed by atoms with E-state index in [1.54, 1.807) is 6.92 Å². The van der Waals surface area contributed by atoms with Crippen molar-refractivity contribution in [2.45, 2.75) is 43.7 Å². The van der Waals surface area contributed by atoms with Crippen LogP contribution in [0.25, 0.3) is 11.3 Å². The monoisotopic (exact) mass is 429 g/mol. The highest BCUT2D eigenvalue weighted by molar-refractivity contribution is 8.02. The molecule has 2 aromatic heterocycles.